The summed E-state index contributed by atoms with van der Waals surface area (Å²) in [6, 6.07) is -0.519. The summed E-state index contributed by atoms with van der Waals surface area (Å²) in [7, 11) is 0. The molecule has 0 saturated carbocycles. The van der Waals surface area contributed by atoms with Gasteiger partial charge in [-0.1, -0.05) is 32.4 Å². The zero-order chi connectivity index (χ0) is 20.5. The molecule has 3 atom stereocenters. The van der Waals surface area contributed by atoms with Crippen LogP contribution in [0.1, 0.15) is 39.5 Å². The van der Waals surface area contributed by atoms with Crippen molar-refractivity contribution in [2.24, 2.45) is 17.6 Å². The Balaban J connectivity index is -0.0000000571. The maximum Gasteiger partial charge on any atom is 1.00 e. The summed E-state index contributed by atoms with van der Waals surface area (Å²) >= 11 is 5.53. The molecule has 0 spiro atoms. The number of halogens is 2. The zero-order valence-corrected chi connectivity index (χ0v) is 24.6. The summed E-state index contributed by atoms with van der Waals surface area (Å²) in [5.41, 5.74) is 4.97. The standard InChI is InChI=1S/C7H12NOS.C4H8O.C3H6NOS.2FH2N.2K/c1-2-3-7-8-6(4-9)5-10-7;1-2-3-4-5;4-3(1-5)2-6;2*1-2;;/h6-8H,2-3,5H2,1H3;4H,2-3H2,1H3;3,6H,2,4H2;2*2H2;;/q-1;;-1;;;2*+1/t6-,7?;;3-;;;;/m1.1..../s1. The summed E-state index contributed by atoms with van der Waals surface area (Å²) in [6.45, 7) is 4.13. The van der Waals surface area contributed by atoms with Gasteiger partial charge < -0.3 is 25.4 Å². The molecule has 0 aromatic rings. The molecular weight excluding hydrogens is 453 g/mol. The molecule has 0 aromatic carbocycles. The van der Waals surface area contributed by atoms with Gasteiger partial charge >= 0.3 is 103 Å². The zero-order valence-electron chi connectivity index (χ0n) is 16.6. The fourth-order valence-corrected chi connectivity index (χ4v) is 2.51. The van der Waals surface area contributed by atoms with Crippen molar-refractivity contribution >= 4 is 43.2 Å². The summed E-state index contributed by atoms with van der Waals surface area (Å²) in [4.78, 5) is 29.0. The summed E-state index contributed by atoms with van der Waals surface area (Å²) in [5, 5.41) is 3.68. The van der Waals surface area contributed by atoms with Gasteiger partial charge in [0.05, 0.1) is 5.37 Å². The van der Waals surface area contributed by atoms with Gasteiger partial charge in [0.15, 0.2) is 0 Å². The molecule has 27 heavy (non-hydrogen) atoms. The second kappa shape index (κ2) is 42.7. The Hall–Kier alpha value is 2.68. The van der Waals surface area contributed by atoms with Crippen LogP contribution in [0, 0.1) is 0 Å². The number of aldehydes is 1. The third kappa shape index (κ3) is 39.7. The minimum atomic E-state index is -0.506. The molecular formula is C14H30F2K2N4O3S2. The van der Waals surface area contributed by atoms with Crippen LogP contribution in [-0.4, -0.2) is 47.8 Å². The van der Waals surface area contributed by atoms with Gasteiger partial charge in [-0.05, 0) is 24.3 Å². The van der Waals surface area contributed by atoms with Gasteiger partial charge in [-0.15, -0.1) is 20.7 Å². The van der Waals surface area contributed by atoms with Gasteiger partial charge in [0.25, 0.3) is 0 Å². The molecule has 1 fully saturated rings. The monoisotopic (exact) mass is 482 g/mol. The smallest absolute Gasteiger partial charge is 0.540 e. The predicted molar refractivity (Wildman–Crippen MR) is 103 cm³/mol. The molecule has 1 aliphatic rings. The molecule has 7 N–H and O–H groups in total. The van der Waals surface area contributed by atoms with Crippen molar-refractivity contribution < 1.29 is 126 Å². The van der Waals surface area contributed by atoms with Gasteiger partial charge in [0, 0.05) is 6.42 Å². The molecule has 0 radical (unpaired) electrons. The number of thioether (sulfide) groups is 1. The minimum Gasteiger partial charge on any atom is -0.540 e. The topological polar surface area (TPSA) is 141 Å². The van der Waals surface area contributed by atoms with Gasteiger partial charge in [-0.25, -0.2) is 12.6 Å². The average molecular weight is 483 g/mol. The van der Waals surface area contributed by atoms with Gasteiger partial charge in [0.2, 0.25) is 0 Å². The molecule has 1 aliphatic heterocycles. The molecule has 152 valence electrons. The quantitative estimate of drug-likeness (QED) is 0.0798. The Morgan fingerprint density at radius 3 is 1.93 bits per heavy atom. The van der Waals surface area contributed by atoms with Crippen LogP contribution in [0.25, 0.3) is 0 Å². The Bertz CT molecular complexity index is 295. The Morgan fingerprint density at radius 1 is 1.22 bits per heavy atom. The fraction of sp³-hybridized carbons (Fsp3) is 0.786. The Kier molecular flexibility index (Phi) is 68.9. The molecule has 13 heteroatoms. The fourth-order valence-electron chi connectivity index (χ4n) is 1.19. The van der Waals surface area contributed by atoms with Crippen molar-refractivity contribution in [1.29, 1.82) is 0 Å². The van der Waals surface area contributed by atoms with Gasteiger partial charge in [-0.3, -0.25) is 0 Å². The number of carbonyl (C=O) groups excluding carboxylic acids is 3. The van der Waals surface area contributed by atoms with E-state index in [1.54, 1.807) is 6.29 Å². The van der Waals surface area contributed by atoms with E-state index in [-0.39, 0.29) is 109 Å². The number of unbranched alkanes of at least 4 members (excludes halogenated alkanes) is 1. The summed E-state index contributed by atoms with van der Waals surface area (Å²) in [6.07, 6.45) is 8.48. The van der Waals surface area contributed by atoms with Crippen molar-refractivity contribution in [1.82, 2.24) is 5.32 Å². The number of nitrogens with two attached hydrogens (primary N) is 3. The van der Waals surface area contributed by atoms with Gasteiger partial charge in [-0.2, -0.15) is 24.5 Å². The third-order valence-electron chi connectivity index (χ3n) is 2.30. The Morgan fingerprint density at radius 2 is 1.74 bits per heavy atom. The summed E-state index contributed by atoms with van der Waals surface area (Å²) in [5.74, 6) is 7.28. The number of rotatable bonds is 7. The first-order valence-corrected chi connectivity index (χ1v) is 9.14. The van der Waals surface area contributed by atoms with E-state index in [1.165, 1.54) is 6.42 Å². The molecule has 0 aliphatic carbocycles. The van der Waals surface area contributed by atoms with Crippen LogP contribution in [-0.2, 0) is 14.4 Å². The van der Waals surface area contributed by atoms with E-state index in [2.05, 4.69) is 36.8 Å². The average Bonchev–Trinajstić information content (AvgIpc) is 3.14. The summed E-state index contributed by atoms with van der Waals surface area (Å²) < 4.78 is 18.0. The van der Waals surface area contributed by atoms with E-state index in [1.807, 2.05) is 25.0 Å². The van der Waals surface area contributed by atoms with Crippen molar-refractivity contribution in [3.05, 3.63) is 0 Å². The van der Waals surface area contributed by atoms with Gasteiger partial charge in [0.1, 0.15) is 6.29 Å². The number of nitrogens with one attached hydrogen (secondary N) is 1. The number of hydrogen-bond acceptors (Lipinski definition) is 9. The second-order valence-corrected chi connectivity index (χ2v) is 5.91. The predicted octanol–water partition coefficient (Wildman–Crippen LogP) is -5.07. The molecule has 0 amide bonds. The van der Waals surface area contributed by atoms with Crippen LogP contribution in [0.15, 0.2) is 0 Å². The van der Waals surface area contributed by atoms with E-state index in [0.717, 1.165) is 24.9 Å². The molecule has 1 heterocycles. The van der Waals surface area contributed by atoms with Crippen LogP contribution in [0.2, 0.25) is 0 Å². The number of thiol groups is 1. The van der Waals surface area contributed by atoms with Crippen LogP contribution in [0.3, 0.4) is 0 Å². The van der Waals surface area contributed by atoms with Crippen LogP contribution < -0.4 is 126 Å². The second-order valence-electron chi connectivity index (χ2n) is 4.31. The third-order valence-corrected chi connectivity index (χ3v) is 3.99. The first kappa shape index (κ1) is 43.5. The van der Waals surface area contributed by atoms with E-state index < -0.39 is 6.04 Å². The minimum absolute atomic E-state index is 0. The van der Waals surface area contributed by atoms with E-state index >= 15 is 0 Å². The molecule has 1 unspecified atom stereocenters. The molecule has 1 rings (SSSR count). The SMILES string of the molecule is CCCC1N[C@H]([C-]=O)CS1.CCCC=O.NF.NF.N[C@H]([C-]=O)CS.[K+].[K+]. The molecule has 0 aromatic heterocycles. The Labute approximate surface area is 256 Å². The van der Waals surface area contributed by atoms with Crippen LogP contribution in [0.5, 0.6) is 0 Å². The van der Waals surface area contributed by atoms with E-state index in [4.69, 9.17) is 14.7 Å². The molecule has 7 nitrogen and oxygen atoms in total. The normalized spacial score (nSPS) is 16.9. The maximum atomic E-state index is 10.2. The first-order valence-electron chi connectivity index (χ1n) is 7.46. The first-order chi connectivity index (χ1) is 12.1. The van der Waals surface area contributed by atoms with Crippen LogP contribution in [0.4, 0.5) is 8.96 Å². The number of hydrogen-bond donors (Lipinski definition) is 5. The van der Waals surface area contributed by atoms with Crippen molar-refractivity contribution in [3.8, 4) is 0 Å². The maximum absolute atomic E-state index is 10.2. The molecule has 0 bridgehead atoms. The van der Waals surface area contributed by atoms with Crippen LogP contribution >= 0.6 is 24.4 Å². The largest absolute Gasteiger partial charge is 1.00 e. The van der Waals surface area contributed by atoms with E-state index in [9.17, 15) is 14.4 Å². The van der Waals surface area contributed by atoms with Crippen molar-refractivity contribution in [2.45, 2.75) is 57.0 Å². The molecule has 1 saturated heterocycles. The number of carbonyl (C=O) groups is 1. The van der Waals surface area contributed by atoms with Crippen molar-refractivity contribution in [2.75, 3.05) is 11.5 Å². The van der Waals surface area contributed by atoms with Crippen molar-refractivity contribution in [3.63, 3.8) is 0 Å². The van der Waals surface area contributed by atoms with E-state index in [0.29, 0.717) is 17.5 Å².